The number of aromatic carboxylic acids is 1. The second-order valence-electron chi connectivity index (χ2n) is 7.16. The number of fused-ring (bicyclic) bond motifs is 1. The van der Waals surface area contributed by atoms with Crippen LogP contribution < -0.4 is 10.1 Å². The number of hydrogen-bond acceptors (Lipinski definition) is 4. The van der Waals surface area contributed by atoms with Crippen molar-refractivity contribution < 1.29 is 23.8 Å². The number of carboxylic acid groups (broad SMARTS) is 1. The van der Waals surface area contributed by atoms with Crippen molar-refractivity contribution in [3.8, 4) is 5.75 Å². The lowest BCUT2D eigenvalue weighted by Gasteiger charge is -2.23. The number of carbonyl (C=O) groups is 2. The first-order valence-electron chi connectivity index (χ1n) is 9.74. The minimum Gasteiger partial charge on any atom is -0.493 e. The fraction of sp³-hybridized carbons (Fsp3) is 0.364. The molecule has 1 aliphatic rings. The molecule has 0 bridgehead atoms. The molecule has 1 heterocycles. The Kier molecular flexibility index (Phi) is 7.19. The highest BCUT2D eigenvalue weighted by molar-refractivity contribution is 5.88. The topological polar surface area (TPSA) is 78.9 Å². The van der Waals surface area contributed by atoms with Crippen molar-refractivity contribution in [2.24, 2.45) is 0 Å². The summed E-state index contributed by atoms with van der Waals surface area (Å²) in [5.41, 5.74) is 1.70. The zero-order chi connectivity index (χ0) is 20.6. The molecule has 6 nitrogen and oxygen atoms in total. The maximum absolute atomic E-state index is 13.6. The Labute approximate surface area is 169 Å². The lowest BCUT2D eigenvalue weighted by molar-refractivity contribution is -0.122. The average molecular weight is 400 g/mol. The molecule has 0 atom stereocenters. The summed E-state index contributed by atoms with van der Waals surface area (Å²) >= 11 is 0. The summed E-state index contributed by atoms with van der Waals surface area (Å²) in [6, 6.07) is 11.1. The molecule has 0 saturated heterocycles. The van der Waals surface area contributed by atoms with E-state index in [1.165, 1.54) is 24.3 Å². The third-order valence-corrected chi connectivity index (χ3v) is 4.77. The van der Waals surface area contributed by atoms with Gasteiger partial charge in [-0.1, -0.05) is 18.2 Å². The van der Waals surface area contributed by atoms with Crippen molar-refractivity contribution in [2.45, 2.75) is 32.4 Å². The van der Waals surface area contributed by atoms with Gasteiger partial charge < -0.3 is 15.2 Å². The van der Waals surface area contributed by atoms with Crippen LogP contribution in [0.3, 0.4) is 0 Å². The molecule has 1 amide bonds. The van der Waals surface area contributed by atoms with Crippen molar-refractivity contribution in [3.63, 3.8) is 0 Å². The Hall–Kier alpha value is -2.93. The lowest BCUT2D eigenvalue weighted by atomic mass is 10.1. The predicted molar refractivity (Wildman–Crippen MR) is 106 cm³/mol. The zero-order valence-corrected chi connectivity index (χ0v) is 16.2. The molecule has 0 aliphatic carbocycles. The number of rotatable bonds is 3. The first-order valence-corrected chi connectivity index (χ1v) is 9.74. The van der Waals surface area contributed by atoms with Gasteiger partial charge in [0.1, 0.15) is 11.6 Å². The average Bonchev–Trinajstić information content (AvgIpc) is 2.68. The Bertz CT molecular complexity index is 872. The molecule has 2 aromatic rings. The van der Waals surface area contributed by atoms with Gasteiger partial charge in [-0.15, -0.1) is 0 Å². The summed E-state index contributed by atoms with van der Waals surface area (Å²) in [7, 11) is 0. The Morgan fingerprint density at radius 1 is 1.14 bits per heavy atom. The van der Waals surface area contributed by atoms with E-state index in [-0.39, 0.29) is 23.8 Å². The van der Waals surface area contributed by atoms with E-state index in [1.54, 1.807) is 12.1 Å². The molecule has 0 fully saturated rings. The van der Waals surface area contributed by atoms with E-state index in [0.717, 1.165) is 30.4 Å². The van der Waals surface area contributed by atoms with Gasteiger partial charge >= 0.3 is 5.97 Å². The molecule has 154 valence electrons. The maximum atomic E-state index is 13.6. The van der Waals surface area contributed by atoms with Gasteiger partial charge in [0.05, 0.1) is 18.7 Å². The van der Waals surface area contributed by atoms with Gasteiger partial charge in [0, 0.05) is 25.2 Å². The monoisotopic (exact) mass is 400 g/mol. The zero-order valence-electron chi connectivity index (χ0n) is 16.2. The van der Waals surface area contributed by atoms with E-state index in [0.29, 0.717) is 32.0 Å². The molecule has 0 unspecified atom stereocenters. The summed E-state index contributed by atoms with van der Waals surface area (Å²) in [4.78, 5) is 25.6. The molecule has 0 radical (unpaired) electrons. The number of hydrogen-bond donors (Lipinski definition) is 2. The lowest BCUT2D eigenvalue weighted by Crippen LogP contribution is -2.37. The fourth-order valence-corrected chi connectivity index (χ4v) is 3.33. The van der Waals surface area contributed by atoms with E-state index >= 15 is 0 Å². The summed E-state index contributed by atoms with van der Waals surface area (Å²) in [6.07, 6.45) is 2.57. The van der Waals surface area contributed by atoms with E-state index < -0.39 is 5.97 Å². The highest BCUT2D eigenvalue weighted by Crippen LogP contribution is 2.24. The van der Waals surface area contributed by atoms with Crippen LogP contribution in [0.4, 0.5) is 4.39 Å². The number of nitrogens with zero attached hydrogens (tertiary/aromatic N) is 1. The van der Waals surface area contributed by atoms with Crippen LogP contribution in [0.1, 0.15) is 40.7 Å². The Balaban J connectivity index is 1.88. The van der Waals surface area contributed by atoms with Crippen LogP contribution in [-0.2, 0) is 17.9 Å². The summed E-state index contributed by atoms with van der Waals surface area (Å²) in [5, 5.41) is 12.2. The van der Waals surface area contributed by atoms with Crippen LogP contribution in [0.25, 0.3) is 0 Å². The van der Waals surface area contributed by atoms with E-state index in [9.17, 15) is 19.1 Å². The van der Waals surface area contributed by atoms with Gasteiger partial charge in [-0.2, -0.15) is 0 Å². The van der Waals surface area contributed by atoms with Gasteiger partial charge in [0.25, 0.3) is 0 Å². The number of ether oxygens (including phenoxy) is 1. The fourth-order valence-electron chi connectivity index (χ4n) is 3.33. The van der Waals surface area contributed by atoms with E-state index in [2.05, 4.69) is 5.32 Å². The number of nitrogens with one attached hydrogen (secondary N) is 1. The number of amides is 1. The smallest absolute Gasteiger partial charge is 0.335 e. The standard InChI is InChI=1S/C22H25FN2O4/c23-19-6-4-5-16(11-19)13-25-14-18-8-7-17(22(27)28)12-20(18)29-10-3-1-2-9-24-21(26)15-25/h4-8,11-12H,1-3,9-10,13-15H2,(H,24,26)(H,27,28). The third kappa shape index (κ3) is 6.29. The molecule has 29 heavy (non-hydrogen) atoms. The number of carboxylic acids is 1. The molecule has 0 aromatic heterocycles. The number of halogens is 1. The maximum Gasteiger partial charge on any atom is 0.335 e. The second-order valence-corrected chi connectivity index (χ2v) is 7.16. The highest BCUT2D eigenvalue weighted by atomic mass is 19.1. The van der Waals surface area contributed by atoms with Crippen molar-refractivity contribution in [1.82, 2.24) is 10.2 Å². The van der Waals surface area contributed by atoms with E-state index in [1.807, 2.05) is 11.0 Å². The predicted octanol–water partition coefficient (Wildman–Crippen LogP) is 3.21. The van der Waals surface area contributed by atoms with Gasteiger partial charge in [-0.25, -0.2) is 9.18 Å². The molecule has 0 spiro atoms. The van der Waals surface area contributed by atoms with Crippen LogP contribution in [0, 0.1) is 5.82 Å². The number of carbonyl (C=O) groups excluding carboxylic acids is 1. The molecule has 0 saturated carbocycles. The van der Waals surface area contributed by atoms with Crippen molar-refractivity contribution in [2.75, 3.05) is 19.7 Å². The van der Waals surface area contributed by atoms with Gasteiger partial charge in [-0.05, 0) is 49.1 Å². The van der Waals surface area contributed by atoms with Crippen LogP contribution in [0.15, 0.2) is 42.5 Å². The van der Waals surface area contributed by atoms with Crippen LogP contribution in [-0.4, -0.2) is 41.6 Å². The molecule has 7 heteroatoms. The molecule has 2 aromatic carbocycles. The molecule has 1 aliphatic heterocycles. The largest absolute Gasteiger partial charge is 0.493 e. The SMILES string of the molecule is O=C1CN(Cc2cccc(F)c2)Cc2ccc(C(=O)O)cc2OCCCCCN1. The Morgan fingerprint density at radius 2 is 2.00 bits per heavy atom. The normalized spacial score (nSPS) is 16.4. The Morgan fingerprint density at radius 3 is 2.79 bits per heavy atom. The van der Waals surface area contributed by atoms with Crippen molar-refractivity contribution >= 4 is 11.9 Å². The highest BCUT2D eigenvalue weighted by Gasteiger charge is 2.17. The molecule has 3 rings (SSSR count). The van der Waals surface area contributed by atoms with Crippen LogP contribution in [0.2, 0.25) is 0 Å². The molecule has 2 N–H and O–H groups in total. The first kappa shape index (κ1) is 20.8. The quantitative estimate of drug-likeness (QED) is 0.827. The van der Waals surface area contributed by atoms with Gasteiger partial charge in [-0.3, -0.25) is 9.69 Å². The van der Waals surface area contributed by atoms with Gasteiger partial charge in [0.15, 0.2) is 0 Å². The first-order chi connectivity index (χ1) is 14.0. The number of benzene rings is 2. The summed E-state index contributed by atoms with van der Waals surface area (Å²) < 4.78 is 19.5. The van der Waals surface area contributed by atoms with Crippen molar-refractivity contribution in [1.29, 1.82) is 0 Å². The minimum atomic E-state index is -1.02. The van der Waals surface area contributed by atoms with Gasteiger partial charge in [0.2, 0.25) is 5.91 Å². The van der Waals surface area contributed by atoms with Crippen molar-refractivity contribution in [3.05, 3.63) is 65.0 Å². The summed E-state index contributed by atoms with van der Waals surface area (Å²) in [6.45, 7) is 1.98. The second kappa shape index (κ2) is 10.0. The van der Waals surface area contributed by atoms with Crippen LogP contribution >= 0.6 is 0 Å². The minimum absolute atomic E-state index is 0.0923. The molecular formula is C22H25FN2O4. The molecular weight excluding hydrogens is 375 g/mol. The summed E-state index contributed by atoms with van der Waals surface area (Å²) in [5.74, 6) is -0.929. The third-order valence-electron chi connectivity index (χ3n) is 4.77. The van der Waals surface area contributed by atoms with E-state index in [4.69, 9.17) is 4.74 Å². The van der Waals surface area contributed by atoms with Crippen LogP contribution in [0.5, 0.6) is 5.75 Å².